The summed E-state index contributed by atoms with van der Waals surface area (Å²) in [5.41, 5.74) is 0. The highest BCUT2D eigenvalue weighted by atomic mass is 16.3. The van der Waals surface area contributed by atoms with Crippen molar-refractivity contribution in [2.45, 2.75) is 38.9 Å². The maximum absolute atomic E-state index is 12.4. The van der Waals surface area contributed by atoms with Crippen LogP contribution in [0.25, 0.3) is 0 Å². The van der Waals surface area contributed by atoms with E-state index in [1.54, 1.807) is 19.1 Å². The lowest BCUT2D eigenvalue weighted by Crippen LogP contribution is -2.72. The summed E-state index contributed by atoms with van der Waals surface area (Å²) in [4.78, 5) is 38.0. The van der Waals surface area contributed by atoms with Crippen LogP contribution >= 0.6 is 0 Å². The summed E-state index contributed by atoms with van der Waals surface area (Å²) in [6, 6.07) is 2.01. The lowest BCUT2D eigenvalue weighted by atomic mass is 9.89. The van der Waals surface area contributed by atoms with Gasteiger partial charge >= 0.3 is 12.1 Å². The Bertz CT molecular complexity index is 641. The quantitative estimate of drug-likeness (QED) is 0.776. The predicted octanol–water partition coefficient (Wildman–Crippen LogP) is 1.24. The molecule has 0 aromatic carbocycles. The predicted molar refractivity (Wildman–Crippen MR) is 80.3 cm³/mol. The van der Waals surface area contributed by atoms with Crippen LogP contribution < -0.4 is 16.0 Å². The van der Waals surface area contributed by atoms with E-state index < -0.39 is 36.1 Å². The largest absolute Gasteiger partial charge is 0.464 e. The van der Waals surface area contributed by atoms with Crippen molar-refractivity contribution in [2.75, 3.05) is 6.54 Å². The molecule has 2 aliphatic heterocycles. The molecule has 3 heterocycles. The number of nitrogens with one attached hydrogen (secondary N) is 3. The van der Waals surface area contributed by atoms with Crippen molar-refractivity contribution < 1.29 is 18.8 Å². The van der Waals surface area contributed by atoms with Gasteiger partial charge in [-0.3, -0.25) is 10.1 Å². The van der Waals surface area contributed by atoms with Crippen molar-refractivity contribution in [1.82, 2.24) is 20.9 Å². The second kappa shape index (κ2) is 5.94. The summed E-state index contributed by atoms with van der Waals surface area (Å²) in [5.74, 6) is 0.138. The first-order chi connectivity index (χ1) is 11.0. The average molecular weight is 320 g/mol. The molecule has 0 aliphatic carbocycles. The fourth-order valence-corrected chi connectivity index (χ4v) is 3.07. The van der Waals surface area contributed by atoms with Gasteiger partial charge < -0.3 is 20.0 Å². The van der Waals surface area contributed by atoms with E-state index in [0.717, 1.165) is 12.8 Å². The van der Waals surface area contributed by atoms with Gasteiger partial charge in [-0.25, -0.2) is 9.59 Å². The van der Waals surface area contributed by atoms with E-state index in [4.69, 9.17) is 4.42 Å². The van der Waals surface area contributed by atoms with Crippen molar-refractivity contribution in [1.29, 1.82) is 0 Å². The van der Waals surface area contributed by atoms with Gasteiger partial charge in [-0.15, -0.1) is 0 Å². The van der Waals surface area contributed by atoms with Crippen molar-refractivity contribution in [2.24, 2.45) is 5.92 Å². The lowest BCUT2D eigenvalue weighted by Gasteiger charge is -2.45. The number of furan rings is 1. The minimum absolute atomic E-state index is 0.417. The van der Waals surface area contributed by atoms with E-state index in [0.29, 0.717) is 18.1 Å². The standard InChI is InChI=1S/C15H20N4O4/c1-3-4-7-19-12-10(13(20)18-15(19)22)11(16-14(21)17-12)9-6-5-8(2)23-9/h5-6,10-12H,3-4,7H2,1-2H3,(H2,16,17,21)(H,18,20,22). The number of aryl methyl sites for hydroxylation is 1. The van der Waals surface area contributed by atoms with Crippen LogP contribution in [0.3, 0.4) is 0 Å². The van der Waals surface area contributed by atoms with Crippen LogP contribution in [-0.2, 0) is 4.79 Å². The Balaban J connectivity index is 1.93. The number of hydrogen-bond donors (Lipinski definition) is 3. The minimum atomic E-state index is -0.674. The molecule has 23 heavy (non-hydrogen) atoms. The first kappa shape index (κ1) is 15.4. The number of carbonyl (C=O) groups excluding carboxylic acids is 3. The molecule has 3 rings (SSSR count). The maximum Gasteiger partial charge on any atom is 0.325 e. The number of imide groups is 1. The molecular formula is C15H20N4O4. The molecule has 0 saturated carbocycles. The van der Waals surface area contributed by atoms with Crippen LogP contribution in [0.15, 0.2) is 16.5 Å². The number of fused-ring (bicyclic) bond motifs is 1. The molecule has 0 bridgehead atoms. The molecule has 2 aliphatic rings. The van der Waals surface area contributed by atoms with Crippen LogP contribution in [0.2, 0.25) is 0 Å². The SMILES string of the molecule is CCCCN1C(=O)NC(=O)C2C(c3ccc(C)o3)NC(=O)NC21. The molecule has 0 radical (unpaired) electrons. The van der Waals surface area contributed by atoms with Gasteiger partial charge in [0.15, 0.2) is 0 Å². The van der Waals surface area contributed by atoms with Gasteiger partial charge in [0.2, 0.25) is 5.91 Å². The smallest absolute Gasteiger partial charge is 0.325 e. The summed E-state index contributed by atoms with van der Waals surface area (Å²) in [7, 11) is 0. The molecule has 1 aromatic rings. The fourth-order valence-electron chi connectivity index (χ4n) is 3.07. The van der Waals surface area contributed by atoms with Gasteiger partial charge in [0.25, 0.3) is 0 Å². The molecule has 124 valence electrons. The highest BCUT2D eigenvalue weighted by Crippen LogP contribution is 2.32. The van der Waals surface area contributed by atoms with Crippen molar-refractivity contribution in [3.05, 3.63) is 23.7 Å². The number of hydrogen-bond acceptors (Lipinski definition) is 4. The molecule has 8 nitrogen and oxygen atoms in total. The molecule has 3 N–H and O–H groups in total. The van der Waals surface area contributed by atoms with Crippen molar-refractivity contribution >= 4 is 18.0 Å². The van der Waals surface area contributed by atoms with E-state index in [1.165, 1.54) is 4.90 Å². The first-order valence-corrected chi connectivity index (χ1v) is 7.76. The summed E-state index contributed by atoms with van der Waals surface area (Å²) >= 11 is 0. The summed E-state index contributed by atoms with van der Waals surface area (Å²) in [6.07, 6.45) is 1.02. The number of rotatable bonds is 4. The molecule has 0 spiro atoms. The second-order valence-electron chi connectivity index (χ2n) is 5.86. The van der Waals surface area contributed by atoms with E-state index >= 15 is 0 Å². The van der Waals surface area contributed by atoms with Crippen LogP contribution in [0.4, 0.5) is 9.59 Å². The number of urea groups is 2. The van der Waals surface area contributed by atoms with Crippen LogP contribution in [0.5, 0.6) is 0 Å². The summed E-state index contributed by atoms with van der Waals surface area (Å²) in [6.45, 7) is 4.28. The van der Waals surface area contributed by atoms with Gasteiger partial charge in [0.1, 0.15) is 29.6 Å². The third-order valence-corrected chi connectivity index (χ3v) is 4.21. The average Bonchev–Trinajstić information content (AvgIpc) is 2.92. The van der Waals surface area contributed by atoms with E-state index in [2.05, 4.69) is 16.0 Å². The minimum Gasteiger partial charge on any atom is -0.464 e. The molecule has 3 unspecified atom stereocenters. The van der Waals surface area contributed by atoms with Gasteiger partial charge in [0, 0.05) is 6.54 Å². The lowest BCUT2D eigenvalue weighted by molar-refractivity contribution is -0.130. The maximum atomic E-state index is 12.4. The first-order valence-electron chi connectivity index (χ1n) is 7.76. The van der Waals surface area contributed by atoms with Gasteiger partial charge in [0.05, 0.1) is 0 Å². The zero-order valence-corrected chi connectivity index (χ0v) is 13.1. The number of nitrogens with zero attached hydrogens (tertiary/aromatic N) is 1. The van der Waals surface area contributed by atoms with E-state index in [-0.39, 0.29) is 0 Å². The monoisotopic (exact) mass is 320 g/mol. The molecule has 5 amide bonds. The highest BCUT2D eigenvalue weighted by Gasteiger charge is 2.50. The second-order valence-corrected chi connectivity index (χ2v) is 5.86. The van der Waals surface area contributed by atoms with Gasteiger partial charge in [-0.2, -0.15) is 0 Å². The topological polar surface area (TPSA) is 104 Å². The van der Waals surface area contributed by atoms with Crippen LogP contribution in [0.1, 0.15) is 37.3 Å². The number of unbranched alkanes of at least 4 members (excludes halogenated alkanes) is 1. The zero-order chi connectivity index (χ0) is 16.6. The van der Waals surface area contributed by atoms with E-state index in [1.807, 2.05) is 6.92 Å². The normalized spacial score (nSPS) is 27.1. The molecule has 2 saturated heterocycles. The summed E-state index contributed by atoms with van der Waals surface area (Å²) < 4.78 is 5.59. The number of amides is 5. The Morgan fingerprint density at radius 2 is 2.00 bits per heavy atom. The Morgan fingerprint density at radius 3 is 2.65 bits per heavy atom. The third kappa shape index (κ3) is 2.76. The molecular weight excluding hydrogens is 300 g/mol. The molecule has 3 atom stereocenters. The van der Waals surface area contributed by atoms with E-state index in [9.17, 15) is 14.4 Å². The van der Waals surface area contributed by atoms with Crippen molar-refractivity contribution in [3.8, 4) is 0 Å². The van der Waals surface area contributed by atoms with Crippen LogP contribution in [0, 0.1) is 12.8 Å². The summed E-state index contributed by atoms with van der Waals surface area (Å²) in [5, 5.41) is 7.80. The van der Waals surface area contributed by atoms with Gasteiger partial charge in [-0.1, -0.05) is 13.3 Å². The third-order valence-electron chi connectivity index (χ3n) is 4.21. The molecule has 2 fully saturated rings. The molecule has 1 aromatic heterocycles. The van der Waals surface area contributed by atoms with Crippen molar-refractivity contribution in [3.63, 3.8) is 0 Å². The number of carbonyl (C=O) groups is 3. The Morgan fingerprint density at radius 1 is 1.22 bits per heavy atom. The highest BCUT2D eigenvalue weighted by molar-refractivity contribution is 6.00. The fraction of sp³-hybridized carbons (Fsp3) is 0.533. The van der Waals surface area contributed by atoms with Gasteiger partial charge in [-0.05, 0) is 25.5 Å². The van der Waals surface area contributed by atoms with Crippen LogP contribution in [-0.4, -0.2) is 35.6 Å². The Kier molecular flexibility index (Phi) is 3.97. The molecule has 8 heteroatoms. The Labute approximate surface area is 133 Å². The zero-order valence-electron chi connectivity index (χ0n) is 13.1. The Hall–Kier alpha value is -2.51.